The zero-order valence-corrected chi connectivity index (χ0v) is 15.6. The minimum Gasteiger partial charge on any atom is -0.508 e. The summed E-state index contributed by atoms with van der Waals surface area (Å²) >= 11 is 0. The number of nitrogens with one attached hydrogen (secondary N) is 2. The number of nitrogens with zero attached hydrogens (tertiary/aromatic N) is 2. The Balaban J connectivity index is 1.70. The predicted octanol–water partition coefficient (Wildman–Crippen LogP) is 3.75. The highest BCUT2D eigenvalue weighted by Gasteiger charge is 2.09. The molecule has 1 aromatic heterocycles. The van der Waals surface area contributed by atoms with Crippen LogP contribution in [0.1, 0.15) is 6.92 Å². The maximum absolute atomic E-state index is 14.1. The van der Waals surface area contributed by atoms with Crippen molar-refractivity contribution in [2.75, 3.05) is 23.8 Å². The van der Waals surface area contributed by atoms with Gasteiger partial charge in [0.1, 0.15) is 11.5 Å². The molecule has 0 saturated heterocycles. The minimum absolute atomic E-state index is 0.0439. The van der Waals surface area contributed by atoms with Gasteiger partial charge in [0.15, 0.2) is 18.2 Å². The topological polar surface area (TPSA) is 106 Å². The van der Waals surface area contributed by atoms with Crippen molar-refractivity contribution in [2.45, 2.75) is 6.92 Å². The first-order chi connectivity index (χ1) is 14.0. The number of phenols is 1. The molecule has 0 aliphatic carbocycles. The Morgan fingerprint density at radius 1 is 1.14 bits per heavy atom. The van der Waals surface area contributed by atoms with Gasteiger partial charge in [-0.25, -0.2) is 14.2 Å². The number of ether oxygens (including phenoxy) is 2. The number of carbonyl (C=O) groups excluding carboxylic acids is 1. The van der Waals surface area contributed by atoms with Crippen LogP contribution in [0.25, 0.3) is 0 Å². The van der Waals surface area contributed by atoms with E-state index in [0.717, 1.165) is 6.20 Å². The third-order valence-electron chi connectivity index (χ3n) is 3.61. The maximum atomic E-state index is 14.1. The molecular formula is C20H19FN4O4. The fourth-order valence-corrected chi connectivity index (χ4v) is 2.37. The maximum Gasteiger partial charge on any atom is 0.344 e. The first kappa shape index (κ1) is 19.9. The Hall–Kier alpha value is -3.88. The number of esters is 1. The predicted molar refractivity (Wildman–Crippen MR) is 105 cm³/mol. The van der Waals surface area contributed by atoms with Crippen LogP contribution < -0.4 is 15.4 Å². The van der Waals surface area contributed by atoms with Crippen LogP contribution in [0.4, 0.5) is 27.5 Å². The summed E-state index contributed by atoms with van der Waals surface area (Å²) in [4.78, 5) is 19.4. The second kappa shape index (κ2) is 9.36. The van der Waals surface area contributed by atoms with E-state index in [0.29, 0.717) is 17.1 Å². The van der Waals surface area contributed by atoms with Crippen LogP contribution in [0.15, 0.2) is 54.7 Å². The molecule has 0 aliphatic rings. The van der Waals surface area contributed by atoms with E-state index in [1.54, 1.807) is 43.3 Å². The SMILES string of the molecule is CCOC(=O)COc1cccc(Nc2ncc(F)c(Nc3cccc(O)c3)n2)c1. The fourth-order valence-electron chi connectivity index (χ4n) is 2.37. The Kier molecular flexibility index (Phi) is 6.41. The summed E-state index contributed by atoms with van der Waals surface area (Å²) in [5.41, 5.74) is 1.06. The molecule has 150 valence electrons. The molecule has 0 aliphatic heterocycles. The quantitative estimate of drug-likeness (QED) is 0.493. The van der Waals surface area contributed by atoms with E-state index in [9.17, 15) is 14.3 Å². The molecule has 0 spiro atoms. The summed E-state index contributed by atoms with van der Waals surface area (Å²) in [5.74, 6) is -0.522. The molecule has 0 unspecified atom stereocenters. The Bertz CT molecular complexity index is 1000. The number of aromatic hydroxyl groups is 1. The van der Waals surface area contributed by atoms with E-state index in [1.807, 2.05) is 0 Å². The van der Waals surface area contributed by atoms with E-state index < -0.39 is 11.8 Å². The summed E-state index contributed by atoms with van der Waals surface area (Å²) in [6.45, 7) is 1.79. The second-order valence-electron chi connectivity index (χ2n) is 5.81. The molecule has 3 N–H and O–H groups in total. The van der Waals surface area contributed by atoms with Gasteiger partial charge in [0.2, 0.25) is 5.95 Å². The van der Waals surface area contributed by atoms with Crippen molar-refractivity contribution >= 4 is 29.1 Å². The third kappa shape index (κ3) is 5.80. The van der Waals surface area contributed by atoms with Crippen molar-refractivity contribution in [3.63, 3.8) is 0 Å². The van der Waals surface area contributed by atoms with Crippen molar-refractivity contribution in [3.8, 4) is 11.5 Å². The normalized spacial score (nSPS) is 10.3. The molecule has 8 nitrogen and oxygen atoms in total. The number of anilines is 4. The highest BCUT2D eigenvalue weighted by molar-refractivity contribution is 5.71. The summed E-state index contributed by atoms with van der Waals surface area (Å²) in [7, 11) is 0. The van der Waals surface area contributed by atoms with Crippen molar-refractivity contribution in [1.29, 1.82) is 0 Å². The Labute approximate surface area is 166 Å². The van der Waals surface area contributed by atoms with Gasteiger partial charge in [0, 0.05) is 23.5 Å². The lowest BCUT2D eigenvalue weighted by atomic mass is 10.3. The molecule has 0 amide bonds. The number of hydrogen-bond donors (Lipinski definition) is 3. The number of phenolic OH excluding ortho intramolecular Hbond substituents is 1. The molecule has 2 aromatic carbocycles. The van der Waals surface area contributed by atoms with Crippen LogP contribution in [0.5, 0.6) is 11.5 Å². The van der Waals surface area contributed by atoms with Gasteiger partial charge in [-0.1, -0.05) is 12.1 Å². The van der Waals surface area contributed by atoms with E-state index in [-0.39, 0.29) is 30.7 Å². The minimum atomic E-state index is -0.648. The molecule has 29 heavy (non-hydrogen) atoms. The van der Waals surface area contributed by atoms with Crippen molar-refractivity contribution in [3.05, 3.63) is 60.5 Å². The average molecular weight is 398 g/mol. The van der Waals surface area contributed by atoms with Gasteiger partial charge in [-0.15, -0.1) is 0 Å². The Morgan fingerprint density at radius 2 is 1.90 bits per heavy atom. The van der Waals surface area contributed by atoms with Gasteiger partial charge in [-0.2, -0.15) is 4.98 Å². The number of benzene rings is 2. The zero-order chi connectivity index (χ0) is 20.6. The van der Waals surface area contributed by atoms with Crippen molar-refractivity contribution in [1.82, 2.24) is 9.97 Å². The monoisotopic (exact) mass is 398 g/mol. The zero-order valence-electron chi connectivity index (χ0n) is 15.6. The van der Waals surface area contributed by atoms with Crippen LogP contribution in [0.2, 0.25) is 0 Å². The largest absolute Gasteiger partial charge is 0.508 e. The molecule has 0 atom stereocenters. The first-order valence-corrected chi connectivity index (χ1v) is 8.77. The summed E-state index contributed by atoms with van der Waals surface area (Å²) in [5, 5.41) is 15.3. The lowest BCUT2D eigenvalue weighted by Crippen LogP contribution is -2.14. The smallest absolute Gasteiger partial charge is 0.344 e. The second-order valence-corrected chi connectivity index (χ2v) is 5.81. The van der Waals surface area contributed by atoms with E-state index in [2.05, 4.69) is 20.6 Å². The molecule has 9 heteroatoms. The molecular weight excluding hydrogens is 379 g/mol. The number of rotatable bonds is 8. The average Bonchev–Trinajstić information content (AvgIpc) is 2.70. The standard InChI is InChI=1S/C20H19FN4O4/c1-2-28-18(27)12-29-16-8-4-6-14(10-16)24-20-22-11-17(21)19(25-20)23-13-5-3-7-15(26)9-13/h3-11,26H,2,12H2,1H3,(H2,22,23,24,25). The van der Waals surface area contributed by atoms with Crippen molar-refractivity contribution < 1.29 is 23.8 Å². The van der Waals surface area contributed by atoms with Gasteiger partial charge in [-0.05, 0) is 31.2 Å². The summed E-state index contributed by atoms with van der Waals surface area (Å²) < 4.78 is 24.2. The molecule has 0 radical (unpaired) electrons. The summed E-state index contributed by atoms with van der Waals surface area (Å²) in [6.07, 6.45) is 1.03. The van der Waals surface area contributed by atoms with Gasteiger partial charge in [0.05, 0.1) is 12.8 Å². The molecule has 3 rings (SSSR count). The van der Waals surface area contributed by atoms with Gasteiger partial charge in [0.25, 0.3) is 0 Å². The van der Waals surface area contributed by atoms with E-state index >= 15 is 0 Å². The Morgan fingerprint density at radius 3 is 2.66 bits per heavy atom. The van der Waals surface area contributed by atoms with Crippen molar-refractivity contribution in [2.24, 2.45) is 0 Å². The fraction of sp³-hybridized carbons (Fsp3) is 0.150. The first-order valence-electron chi connectivity index (χ1n) is 8.77. The lowest BCUT2D eigenvalue weighted by Gasteiger charge is -2.11. The van der Waals surface area contributed by atoms with Crippen LogP contribution in [-0.4, -0.2) is 34.3 Å². The van der Waals surface area contributed by atoms with Crippen LogP contribution in [0.3, 0.4) is 0 Å². The highest BCUT2D eigenvalue weighted by Crippen LogP contribution is 2.24. The molecule has 1 heterocycles. The number of carbonyl (C=O) groups is 1. The number of halogens is 1. The number of hydrogen-bond acceptors (Lipinski definition) is 8. The van der Waals surface area contributed by atoms with Crippen LogP contribution in [0, 0.1) is 5.82 Å². The van der Waals surface area contributed by atoms with Crippen LogP contribution >= 0.6 is 0 Å². The van der Waals surface area contributed by atoms with Gasteiger partial charge < -0.3 is 25.2 Å². The molecule has 3 aromatic rings. The lowest BCUT2D eigenvalue weighted by molar-refractivity contribution is -0.145. The summed E-state index contributed by atoms with van der Waals surface area (Å²) in [6, 6.07) is 13.0. The van der Waals surface area contributed by atoms with E-state index in [4.69, 9.17) is 9.47 Å². The highest BCUT2D eigenvalue weighted by atomic mass is 19.1. The van der Waals surface area contributed by atoms with Crippen LogP contribution in [-0.2, 0) is 9.53 Å². The molecule has 0 bridgehead atoms. The molecule has 0 saturated carbocycles. The number of aromatic nitrogens is 2. The van der Waals surface area contributed by atoms with Gasteiger partial charge >= 0.3 is 5.97 Å². The molecule has 0 fully saturated rings. The van der Waals surface area contributed by atoms with E-state index in [1.165, 1.54) is 12.1 Å². The van der Waals surface area contributed by atoms with Gasteiger partial charge in [-0.3, -0.25) is 0 Å². The third-order valence-corrected chi connectivity index (χ3v) is 3.61.